The molecule has 0 radical (unpaired) electrons. The molecule has 0 aliphatic carbocycles. The first kappa shape index (κ1) is 20.9. The quantitative estimate of drug-likeness (QED) is 0.752. The number of methoxy groups -OCH3 is 1. The monoisotopic (exact) mass is 430 g/mol. The maximum absolute atomic E-state index is 14.7. The highest BCUT2D eigenvalue weighted by Crippen LogP contribution is 2.41. The number of amidine groups is 1. The van der Waals surface area contributed by atoms with Crippen LogP contribution >= 0.6 is 0 Å². The second kappa shape index (κ2) is 8.38. The van der Waals surface area contributed by atoms with Crippen LogP contribution in [-0.2, 0) is 11.3 Å². The van der Waals surface area contributed by atoms with Gasteiger partial charge in [0, 0.05) is 30.9 Å². The highest BCUT2D eigenvalue weighted by molar-refractivity contribution is 5.77. The van der Waals surface area contributed by atoms with Crippen LogP contribution in [0.4, 0.5) is 8.78 Å². The van der Waals surface area contributed by atoms with E-state index >= 15 is 0 Å². The van der Waals surface area contributed by atoms with E-state index in [1.807, 2.05) is 23.8 Å². The van der Waals surface area contributed by atoms with Crippen molar-refractivity contribution in [1.82, 2.24) is 20.1 Å². The minimum atomic E-state index is -0.476. The predicted molar refractivity (Wildman–Crippen MR) is 110 cm³/mol. The van der Waals surface area contributed by atoms with Crippen LogP contribution in [-0.4, -0.2) is 47.7 Å². The standard InChI is InChI=1S/C21H24F2N6O2/c1-4-31-21-26-18(24)17-19(27-21)29(11-13-8-15(30-3)5-6-16(13)23)20(28(17)2)12-7-14(22)10-25-9-12/h5-10,19-20H,4,11,24H2,1-3H3,(H,26,27). The second-order valence-corrected chi connectivity index (χ2v) is 7.22. The van der Waals surface area contributed by atoms with Crippen LogP contribution in [0.15, 0.2) is 53.2 Å². The molecule has 2 atom stereocenters. The summed E-state index contributed by atoms with van der Waals surface area (Å²) in [7, 11) is 3.35. The zero-order chi connectivity index (χ0) is 22.1. The van der Waals surface area contributed by atoms with E-state index in [9.17, 15) is 8.78 Å². The summed E-state index contributed by atoms with van der Waals surface area (Å²) in [6.07, 6.45) is 1.77. The number of aromatic nitrogens is 1. The molecule has 3 N–H and O–H groups in total. The van der Waals surface area contributed by atoms with Crippen molar-refractivity contribution < 1.29 is 18.3 Å². The first-order valence-corrected chi connectivity index (χ1v) is 9.82. The maximum atomic E-state index is 14.7. The molecule has 1 fully saturated rings. The third-order valence-corrected chi connectivity index (χ3v) is 5.31. The summed E-state index contributed by atoms with van der Waals surface area (Å²) in [5.41, 5.74) is 7.95. The number of halogens is 2. The van der Waals surface area contributed by atoms with Gasteiger partial charge in [-0.25, -0.2) is 13.7 Å². The average Bonchev–Trinajstić information content (AvgIpc) is 3.01. The van der Waals surface area contributed by atoms with Gasteiger partial charge in [0.05, 0.1) is 25.6 Å². The summed E-state index contributed by atoms with van der Waals surface area (Å²) >= 11 is 0. The number of benzene rings is 1. The molecule has 0 bridgehead atoms. The molecule has 1 aromatic carbocycles. The third-order valence-electron chi connectivity index (χ3n) is 5.31. The molecule has 1 saturated heterocycles. The van der Waals surface area contributed by atoms with Crippen LogP contribution in [0.1, 0.15) is 24.2 Å². The Kier molecular flexibility index (Phi) is 5.64. The first-order chi connectivity index (χ1) is 14.9. The van der Waals surface area contributed by atoms with Gasteiger partial charge >= 0.3 is 0 Å². The van der Waals surface area contributed by atoms with Gasteiger partial charge in [-0.3, -0.25) is 4.98 Å². The Morgan fingerprint density at radius 3 is 2.74 bits per heavy atom. The molecule has 164 valence electrons. The fourth-order valence-corrected chi connectivity index (χ4v) is 4.00. The van der Waals surface area contributed by atoms with Crippen LogP contribution in [0.25, 0.3) is 0 Å². The van der Waals surface area contributed by atoms with Gasteiger partial charge in [-0.05, 0) is 31.2 Å². The van der Waals surface area contributed by atoms with Gasteiger partial charge in [0.25, 0.3) is 6.02 Å². The minimum Gasteiger partial charge on any atom is -0.497 e. The number of fused-ring (bicyclic) bond motifs is 1. The lowest BCUT2D eigenvalue weighted by Gasteiger charge is -2.31. The number of pyridine rings is 1. The highest BCUT2D eigenvalue weighted by Gasteiger charge is 2.46. The summed E-state index contributed by atoms with van der Waals surface area (Å²) in [5, 5.41) is 3.22. The van der Waals surface area contributed by atoms with Crippen LogP contribution < -0.4 is 15.8 Å². The van der Waals surface area contributed by atoms with E-state index in [2.05, 4.69) is 15.3 Å². The molecule has 0 saturated carbocycles. The maximum Gasteiger partial charge on any atom is 0.292 e. The summed E-state index contributed by atoms with van der Waals surface area (Å²) < 4.78 is 39.5. The lowest BCUT2D eigenvalue weighted by Crippen LogP contribution is -2.48. The molecular formula is C21H24F2N6O2. The Bertz CT molecular complexity index is 1040. The summed E-state index contributed by atoms with van der Waals surface area (Å²) in [4.78, 5) is 12.1. The lowest BCUT2D eigenvalue weighted by molar-refractivity contribution is 0.120. The van der Waals surface area contributed by atoms with Crippen molar-refractivity contribution in [3.63, 3.8) is 0 Å². The molecule has 0 spiro atoms. The van der Waals surface area contributed by atoms with Gasteiger partial charge in [0.15, 0.2) is 5.82 Å². The van der Waals surface area contributed by atoms with Crippen molar-refractivity contribution in [2.75, 3.05) is 20.8 Å². The van der Waals surface area contributed by atoms with Gasteiger partial charge in [-0.2, -0.15) is 4.99 Å². The number of rotatable bonds is 5. The first-order valence-electron chi connectivity index (χ1n) is 9.82. The minimum absolute atomic E-state index is 0.183. The zero-order valence-electron chi connectivity index (χ0n) is 17.5. The van der Waals surface area contributed by atoms with E-state index in [0.717, 1.165) is 6.20 Å². The van der Waals surface area contributed by atoms with Crippen molar-refractivity contribution in [1.29, 1.82) is 0 Å². The van der Waals surface area contributed by atoms with Gasteiger partial charge in [-0.1, -0.05) is 0 Å². The Hall–Kier alpha value is -3.40. The molecule has 3 heterocycles. The molecule has 2 aliphatic heterocycles. The number of ether oxygens (including phenoxy) is 2. The predicted octanol–water partition coefficient (Wildman–Crippen LogP) is 2.26. The van der Waals surface area contributed by atoms with Crippen LogP contribution in [0, 0.1) is 11.6 Å². The Labute approximate surface area is 179 Å². The topological polar surface area (TPSA) is 88.2 Å². The normalized spacial score (nSPS) is 20.9. The van der Waals surface area contributed by atoms with E-state index in [1.165, 1.54) is 19.2 Å². The smallest absolute Gasteiger partial charge is 0.292 e. The molecule has 8 nitrogen and oxygen atoms in total. The second-order valence-electron chi connectivity index (χ2n) is 7.22. The van der Waals surface area contributed by atoms with Gasteiger partial charge in [0.1, 0.15) is 29.7 Å². The molecule has 0 amide bonds. The van der Waals surface area contributed by atoms with Gasteiger partial charge in [0.2, 0.25) is 0 Å². The highest BCUT2D eigenvalue weighted by atomic mass is 19.1. The number of nitrogens with one attached hydrogen (secondary N) is 1. The summed E-state index contributed by atoms with van der Waals surface area (Å²) in [6.45, 7) is 2.42. The number of hydrogen-bond acceptors (Lipinski definition) is 8. The van der Waals surface area contributed by atoms with Crippen molar-refractivity contribution >= 4 is 6.02 Å². The van der Waals surface area contributed by atoms with E-state index in [0.29, 0.717) is 29.2 Å². The van der Waals surface area contributed by atoms with Crippen molar-refractivity contribution in [3.8, 4) is 5.75 Å². The number of hydrogen-bond donors (Lipinski definition) is 2. The molecule has 2 aromatic rings. The van der Waals surface area contributed by atoms with E-state index in [4.69, 9.17) is 15.2 Å². The summed E-state index contributed by atoms with van der Waals surface area (Å²) in [5.74, 6) is -0.0250. The van der Waals surface area contributed by atoms with Crippen molar-refractivity contribution in [2.24, 2.45) is 10.7 Å². The number of nitrogens with two attached hydrogens (primary N) is 1. The van der Waals surface area contributed by atoms with Gasteiger partial charge in [-0.15, -0.1) is 0 Å². The molecule has 2 aliphatic rings. The van der Waals surface area contributed by atoms with Crippen molar-refractivity contribution in [3.05, 3.63) is 70.9 Å². The lowest BCUT2D eigenvalue weighted by atomic mass is 10.1. The van der Waals surface area contributed by atoms with Crippen LogP contribution in [0.2, 0.25) is 0 Å². The SMILES string of the molecule is CCOC1=NC(N)=C2C(N1)N(Cc1cc(OC)ccc1F)C(c1cncc(F)c1)N2C. The van der Waals surface area contributed by atoms with Gasteiger partial charge < -0.3 is 25.4 Å². The fourth-order valence-electron chi connectivity index (χ4n) is 4.00. The molecule has 2 unspecified atom stereocenters. The average molecular weight is 430 g/mol. The third kappa shape index (κ3) is 3.86. The zero-order valence-corrected chi connectivity index (χ0v) is 17.5. The molecule has 1 aromatic heterocycles. The number of nitrogens with zero attached hydrogens (tertiary/aromatic N) is 4. The molecular weight excluding hydrogens is 406 g/mol. The van der Waals surface area contributed by atoms with Crippen molar-refractivity contribution in [2.45, 2.75) is 25.8 Å². The largest absolute Gasteiger partial charge is 0.497 e. The molecule has 31 heavy (non-hydrogen) atoms. The Morgan fingerprint density at radius 1 is 1.23 bits per heavy atom. The Morgan fingerprint density at radius 2 is 2.03 bits per heavy atom. The summed E-state index contributed by atoms with van der Waals surface area (Å²) in [6, 6.07) is 6.24. The Balaban J connectivity index is 1.79. The van der Waals surface area contributed by atoms with E-state index < -0.39 is 18.1 Å². The number of likely N-dealkylation sites (N-methyl/N-ethyl adjacent to an activating group) is 1. The van der Waals surface area contributed by atoms with Crippen LogP contribution in [0.3, 0.4) is 0 Å². The number of aliphatic imine (C=N–C) groups is 1. The van der Waals surface area contributed by atoms with E-state index in [1.54, 1.807) is 18.3 Å². The van der Waals surface area contributed by atoms with Crippen LogP contribution in [0.5, 0.6) is 5.75 Å². The molecule has 10 heteroatoms. The van der Waals surface area contributed by atoms with E-state index in [-0.39, 0.29) is 24.2 Å². The fraction of sp³-hybridized carbons (Fsp3) is 0.333. The molecule has 4 rings (SSSR count).